The number of benzene rings is 1. The van der Waals surface area contributed by atoms with Crippen molar-refractivity contribution in [3.8, 4) is 10.7 Å². The molecule has 31 heavy (non-hydrogen) atoms. The lowest BCUT2D eigenvalue weighted by molar-refractivity contribution is -0.130. The summed E-state index contributed by atoms with van der Waals surface area (Å²) in [7, 11) is -3.78. The maximum atomic E-state index is 13.1. The number of amides is 1. The van der Waals surface area contributed by atoms with Gasteiger partial charge in [-0.05, 0) is 38.3 Å². The first kappa shape index (κ1) is 21.7. The molecule has 0 unspecified atom stereocenters. The first-order chi connectivity index (χ1) is 14.8. The Hall–Kier alpha value is -2.49. The van der Waals surface area contributed by atoms with Gasteiger partial charge in [0.2, 0.25) is 15.9 Å². The second-order valence-corrected chi connectivity index (χ2v) is 10.4. The minimum Gasteiger partial charge on any atom is -0.341 e. The van der Waals surface area contributed by atoms with Crippen molar-refractivity contribution >= 4 is 27.3 Å². The number of rotatable bonds is 7. The van der Waals surface area contributed by atoms with Crippen LogP contribution < -0.4 is 4.72 Å². The number of carbonyl (C=O) groups is 1. The first-order valence-electron chi connectivity index (χ1n) is 10.3. The Morgan fingerprint density at radius 3 is 2.58 bits per heavy atom. The number of hydrogen-bond donors (Lipinski definition) is 1. The smallest absolute Gasteiger partial charge is 0.242 e. The zero-order valence-corrected chi connectivity index (χ0v) is 19.2. The Balaban J connectivity index is 1.64. The van der Waals surface area contributed by atoms with Crippen molar-refractivity contribution in [3.05, 3.63) is 59.2 Å². The van der Waals surface area contributed by atoms with E-state index in [-0.39, 0.29) is 23.4 Å². The first-order valence-corrected chi connectivity index (χ1v) is 12.7. The summed E-state index contributed by atoms with van der Waals surface area (Å²) < 4.78 is 30.7. The fourth-order valence-electron chi connectivity index (χ4n) is 3.73. The predicted molar refractivity (Wildman–Crippen MR) is 121 cm³/mol. The number of likely N-dealkylation sites (tertiary alicyclic amines) is 1. The van der Waals surface area contributed by atoms with E-state index in [0.29, 0.717) is 10.7 Å². The van der Waals surface area contributed by atoms with Crippen LogP contribution in [0.5, 0.6) is 0 Å². The molecular formula is C22H26N4O3S2. The SMILES string of the molecule is Cc1csc(-c2cc(S(=O)(=O)N[C@H](C)c3ccccc3)cn2CC(=O)N2CCCC2)n1. The molecule has 1 amide bonds. The Labute approximate surface area is 186 Å². The minimum atomic E-state index is -3.78. The maximum Gasteiger partial charge on any atom is 0.242 e. The normalized spacial score (nSPS) is 15.4. The number of nitrogens with zero attached hydrogens (tertiary/aromatic N) is 3. The summed E-state index contributed by atoms with van der Waals surface area (Å²) in [5.41, 5.74) is 2.38. The summed E-state index contributed by atoms with van der Waals surface area (Å²) in [5, 5.41) is 2.61. The fraction of sp³-hybridized carbons (Fsp3) is 0.364. The van der Waals surface area contributed by atoms with Crippen LogP contribution in [0.4, 0.5) is 0 Å². The second-order valence-electron chi connectivity index (χ2n) is 7.82. The molecule has 0 aliphatic carbocycles. The summed E-state index contributed by atoms with van der Waals surface area (Å²) in [6.07, 6.45) is 3.56. The Morgan fingerprint density at radius 1 is 1.23 bits per heavy atom. The zero-order chi connectivity index (χ0) is 22.0. The van der Waals surface area contributed by atoms with E-state index < -0.39 is 10.0 Å². The number of aryl methyl sites for hydroxylation is 1. The molecule has 0 spiro atoms. The highest BCUT2D eigenvalue weighted by Crippen LogP contribution is 2.29. The summed E-state index contributed by atoms with van der Waals surface area (Å²) in [5.74, 6) is -0.00260. The van der Waals surface area contributed by atoms with E-state index in [4.69, 9.17) is 0 Å². The average molecular weight is 459 g/mol. The molecule has 7 nitrogen and oxygen atoms in total. The van der Waals surface area contributed by atoms with Gasteiger partial charge in [-0.2, -0.15) is 0 Å². The third-order valence-corrected chi connectivity index (χ3v) is 7.91. The maximum absolute atomic E-state index is 13.1. The van der Waals surface area contributed by atoms with E-state index in [9.17, 15) is 13.2 Å². The number of hydrogen-bond acceptors (Lipinski definition) is 5. The van der Waals surface area contributed by atoms with Crippen LogP contribution in [0.3, 0.4) is 0 Å². The third-order valence-electron chi connectivity index (χ3n) is 5.42. The molecule has 4 rings (SSSR count). The summed E-state index contributed by atoms with van der Waals surface area (Å²) in [6, 6.07) is 10.6. The van der Waals surface area contributed by atoms with E-state index in [2.05, 4.69) is 9.71 Å². The summed E-state index contributed by atoms with van der Waals surface area (Å²) >= 11 is 1.44. The van der Waals surface area contributed by atoms with Crippen molar-refractivity contribution in [1.82, 2.24) is 19.2 Å². The average Bonchev–Trinajstić information content (AvgIpc) is 3.49. The highest BCUT2D eigenvalue weighted by Gasteiger charge is 2.25. The molecular weight excluding hydrogens is 432 g/mol. The zero-order valence-electron chi connectivity index (χ0n) is 17.6. The van der Waals surface area contributed by atoms with Crippen molar-refractivity contribution in [1.29, 1.82) is 0 Å². The molecule has 0 bridgehead atoms. The van der Waals surface area contributed by atoms with E-state index in [1.807, 2.05) is 54.5 Å². The molecule has 3 heterocycles. The Morgan fingerprint density at radius 2 is 1.94 bits per heavy atom. The van der Waals surface area contributed by atoms with Crippen LogP contribution in [-0.4, -0.2) is 41.9 Å². The lowest BCUT2D eigenvalue weighted by atomic mass is 10.1. The molecule has 0 radical (unpaired) electrons. The monoisotopic (exact) mass is 458 g/mol. The van der Waals surface area contributed by atoms with Gasteiger partial charge in [0.15, 0.2) is 0 Å². The van der Waals surface area contributed by atoms with Crippen molar-refractivity contribution in [2.45, 2.75) is 44.2 Å². The van der Waals surface area contributed by atoms with Gasteiger partial charge in [-0.25, -0.2) is 18.1 Å². The second kappa shape index (κ2) is 8.94. The number of aromatic nitrogens is 2. The molecule has 2 aromatic heterocycles. The van der Waals surface area contributed by atoms with E-state index in [0.717, 1.165) is 37.2 Å². The van der Waals surface area contributed by atoms with E-state index in [1.54, 1.807) is 16.8 Å². The minimum absolute atomic E-state index is 0.00260. The number of nitrogens with one attached hydrogen (secondary N) is 1. The molecule has 1 aliphatic heterocycles. The molecule has 164 valence electrons. The Bertz CT molecular complexity index is 1160. The van der Waals surface area contributed by atoms with Crippen LogP contribution in [-0.2, 0) is 21.4 Å². The van der Waals surface area contributed by atoms with Crippen LogP contribution in [0.2, 0.25) is 0 Å². The molecule has 9 heteroatoms. The van der Waals surface area contributed by atoms with Crippen LogP contribution in [0.1, 0.15) is 37.1 Å². The molecule has 1 N–H and O–H groups in total. The largest absolute Gasteiger partial charge is 0.341 e. The Kier molecular flexibility index (Phi) is 6.27. The lowest BCUT2D eigenvalue weighted by Gasteiger charge is -2.16. The topological polar surface area (TPSA) is 84.3 Å². The molecule has 0 saturated carbocycles. The summed E-state index contributed by atoms with van der Waals surface area (Å²) in [6.45, 7) is 5.31. The van der Waals surface area contributed by atoms with Crippen LogP contribution in [0.15, 0.2) is 52.9 Å². The van der Waals surface area contributed by atoms with Crippen LogP contribution in [0.25, 0.3) is 10.7 Å². The lowest BCUT2D eigenvalue weighted by Crippen LogP contribution is -2.31. The van der Waals surface area contributed by atoms with Gasteiger partial charge in [-0.1, -0.05) is 30.3 Å². The molecule has 1 saturated heterocycles. The molecule has 1 atom stereocenters. The van der Waals surface area contributed by atoms with Gasteiger partial charge in [0, 0.05) is 36.4 Å². The predicted octanol–water partition coefficient (Wildman–Crippen LogP) is 3.58. The molecule has 1 aliphatic rings. The molecule has 3 aromatic rings. The molecule has 1 aromatic carbocycles. The quantitative estimate of drug-likeness (QED) is 0.587. The number of carbonyl (C=O) groups excluding carboxylic acids is 1. The van der Waals surface area contributed by atoms with Crippen molar-refractivity contribution < 1.29 is 13.2 Å². The fourth-order valence-corrected chi connectivity index (χ4v) is 5.83. The van der Waals surface area contributed by atoms with Gasteiger partial charge in [0.05, 0.1) is 5.69 Å². The van der Waals surface area contributed by atoms with Gasteiger partial charge >= 0.3 is 0 Å². The number of thiazole rings is 1. The summed E-state index contributed by atoms with van der Waals surface area (Å²) in [4.78, 5) is 19.2. The van der Waals surface area contributed by atoms with Gasteiger partial charge in [0.25, 0.3) is 0 Å². The van der Waals surface area contributed by atoms with Crippen LogP contribution in [0, 0.1) is 6.92 Å². The van der Waals surface area contributed by atoms with Gasteiger partial charge in [0.1, 0.15) is 16.4 Å². The van der Waals surface area contributed by atoms with Crippen molar-refractivity contribution in [3.63, 3.8) is 0 Å². The molecule has 1 fully saturated rings. The number of sulfonamides is 1. The van der Waals surface area contributed by atoms with Crippen LogP contribution >= 0.6 is 11.3 Å². The van der Waals surface area contributed by atoms with Crippen molar-refractivity contribution in [2.24, 2.45) is 0 Å². The van der Waals surface area contributed by atoms with E-state index >= 15 is 0 Å². The highest BCUT2D eigenvalue weighted by molar-refractivity contribution is 7.89. The third kappa shape index (κ3) is 4.89. The van der Waals surface area contributed by atoms with Crippen molar-refractivity contribution in [2.75, 3.05) is 13.1 Å². The highest BCUT2D eigenvalue weighted by atomic mass is 32.2. The van der Waals surface area contributed by atoms with Gasteiger partial charge in [-0.15, -0.1) is 11.3 Å². The van der Waals surface area contributed by atoms with E-state index in [1.165, 1.54) is 11.3 Å². The standard InChI is InChI=1S/C22H26N4O3S2/c1-16-15-30-22(23-16)20-12-19(13-26(20)14-21(27)25-10-6-7-11-25)31(28,29)24-17(2)18-8-4-3-5-9-18/h3-5,8-9,12-13,15,17,24H,6-7,10-11,14H2,1-2H3/t17-/m1/s1. The van der Waals surface area contributed by atoms with Gasteiger partial charge < -0.3 is 9.47 Å². The van der Waals surface area contributed by atoms with Gasteiger partial charge in [-0.3, -0.25) is 4.79 Å².